The molecule has 1 atom stereocenters. The molecule has 0 N–H and O–H groups in total. The van der Waals surface area contributed by atoms with Crippen molar-refractivity contribution in [3.8, 4) is 11.1 Å². The summed E-state index contributed by atoms with van der Waals surface area (Å²) in [4.78, 5) is 20.3. The fraction of sp³-hybridized carbons (Fsp3) is 0.417. The number of likely N-dealkylation sites (tertiary alicyclic amines) is 1. The molecule has 1 aliphatic rings. The van der Waals surface area contributed by atoms with Crippen LogP contribution in [0.2, 0.25) is 0 Å². The van der Waals surface area contributed by atoms with E-state index in [1.807, 2.05) is 6.92 Å². The van der Waals surface area contributed by atoms with Gasteiger partial charge in [0.2, 0.25) is 0 Å². The highest BCUT2D eigenvalue weighted by atomic mass is 19.2. The summed E-state index contributed by atoms with van der Waals surface area (Å²) in [5.74, 6) is -3.03. The zero-order valence-electron chi connectivity index (χ0n) is 18.0. The van der Waals surface area contributed by atoms with Gasteiger partial charge in [-0.05, 0) is 81.5 Å². The molecule has 0 unspecified atom stereocenters. The molecule has 7 heteroatoms. The van der Waals surface area contributed by atoms with Crippen LogP contribution in [0.15, 0.2) is 35.1 Å². The SMILES string of the molecule is Cc1nc2ccc(-c3cc(F)c(F)c(F)c3)cc2c(=O)n1C[C@H]1CCCN(C(C)C)C1. The molecule has 1 saturated heterocycles. The fourth-order valence-corrected chi connectivity index (χ4v) is 4.42. The largest absolute Gasteiger partial charge is 0.301 e. The first-order valence-corrected chi connectivity index (χ1v) is 10.6. The van der Waals surface area contributed by atoms with Crippen LogP contribution < -0.4 is 5.56 Å². The molecule has 164 valence electrons. The number of hydrogen-bond donors (Lipinski definition) is 0. The number of hydrogen-bond acceptors (Lipinski definition) is 3. The van der Waals surface area contributed by atoms with Crippen molar-refractivity contribution >= 4 is 10.9 Å². The third-order valence-electron chi connectivity index (χ3n) is 6.18. The number of piperidine rings is 1. The van der Waals surface area contributed by atoms with Crippen molar-refractivity contribution in [1.82, 2.24) is 14.5 Å². The van der Waals surface area contributed by atoms with E-state index in [4.69, 9.17) is 0 Å². The minimum atomic E-state index is -1.51. The summed E-state index contributed by atoms with van der Waals surface area (Å²) in [5, 5.41) is 0.379. The lowest BCUT2D eigenvalue weighted by Gasteiger charge is -2.35. The molecule has 1 fully saturated rings. The maximum absolute atomic E-state index is 13.7. The Balaban J connectivity index is 1.72. The van der Waals surface area contributed by atoms with Crippen LogP contribution in [-0.4, -0.2) is 33.6 Å². The van der Waals surface area contributed by atoms with Gasteiger partial charge in [-0.2, -0.15) is 0 Å². The molecule has 0 saturated carbocycles. The molecule has 3 aromatic rings. The fourth-order valence-electron chi connectivity index (χ4n) is 4.42. The van der Waals surface area contributed by atoms with Crippen LogP contribution in [0.5, 0.6) is 0 Å². The molecule has 1 aliphatic heterocycles. The summed E-state index contributed by atoms with van der Waals surface area (Å²) in [6, 6.07) is 7.20. The normalized spacial score (nSPS) is 17.6. The highest BCUT2D eigenvalue weighted by Gasteiger charge is 2.23. The standard InChI is InChI=1S/C24H26F3N3O/c1-14(2)29-8-4-5-16(12-29)13-30-15(3)28-22-7-6-17(9-19(22)24(30)31)18-10-20(25)23(27)21(26)11-18/h6-7,9-11,14,16H,4-5,8,12-13H2,1-3H3/t16-/m0/s1. The predicted molar refractivity (Wildman–Crippen MR) is 115 cm³/mol. The Morgan fingerprint density at radius 1 is 1.10 bits per heavy atom. The molecule has 0 spiro atoms. The van der Waals surface area contributed by atoms with Crippen molar-refractivity contribution in [1.29, 1.82) is 0 Å². The molecule has 1 aromatic heterocycles. The predicted octanol–water partition coefficient (Wildman–Crippen LogP) is 4.91. The Hall–Kier alpha value is -2.67. The molecule has 0 radical (unpaired) electrons. The lowest BCUT2D eigenvalue weighted by atomic mass is 9.96. The average Bonchev–Trinajstić information content (AvgIpc) is 2.74. The van der Waals surface area contributed by atoms with E-state index in [1.54, 1.807) is 22.8 Å². The van der Waals surface area contributed by atoms with E-state index in [0.29, 0.717) is 40.8 Å². The van der Waals surface area contributed by atoms with Gasteiger partial charge in [0, 0.05) is 19.1 Å². The lowest BCUT2D eigenvalue weighted by Crippen LogP contribution is -2.42. The molecule has 0 bridgehead atoms. The third kappa shape index (κ3) is 4.24. The van der Waals surface area contributed by atoms with Crippen molar-refractivity contribution in [3.63, 3.8) is 0 Å². The summed E-state index contributed by atoms with van der Waals surface area (Å²) in [7, 11) is 0. The number of fused-ring (bicyclic) bond motifs is 1. The van der Waals surface area contributed by atoms with E-state index in [9.17, 15) is 18.0 Å². The number of rotatable bonds is 4. The summed E-state index contributed by atoms with van der Waals surface area (Å²) in [6.07, 6.45) is 2.16. The first-order chi connectivity index (χ1) is 14.7. The molecule has 4 rings (SSSR count). The molecule has 2 heterocycles. The van der Waals surface area contributed by atoms with Gasteiger partial charge in [-0.3, -0.25) is 9.36 Å². The van der Waals surface area contributed by atoms with Gasteiger partial charge in [-0.1, -0.05) is 6.07 Å². The smallest absolute Gasteiger partial charge is 0.261 e. The topological polar surface area (TPSA) is 38.1 Å². The second-order valence-corrected chi connectivity index (χ2v) is 8.66. The van der Waals surface area contributed by atoms with Crippen molar-refractivity contribution < 1.29 is 13.2 Å². The van der Waals surface area contributed by atoms with Gasteiger partial charge < -0.3 is 4.90 Å². The minimum Gasteiger partial charge on any atom is -0.301 e. The molecule has 0 amide bonds. The van der Waals surface area contributed by atoms with E-state index in [-0.39, 0.29) is 11.1 Å². The van der Waals surface area contributed by atoms with Crippen LogP contribution in [0.3, 0.4) is 0 Å². The van der Waals surface area contributed by atoms with Gasteiger partial charge in [-0.25, -0.2) is 18.2 Å². The Kier molecular flexibility index (Phi) is 5.88. The van der Waals surface area contributed by atoms with Crippen LogP contribution in [0.25, 0.3) is 22.0 Å². The van der Waals surface area contributed by atoms with E-state index in [0.717, 1.165) is 38.1 Å². The number of nitrogens with zero attached hydrogens (tertiary/aromatic N) is 3. The number of benzene rings is 2. The molecule has 0 aliphatic carbocycles. The lowest BCUT2D eigenvalue weighted by molar-refractivity contribution is 0.129. The number of aromatic nitrogens is 2. The Morgan fingerprint density at radius 2 is 1.81 bits per heavy atom. The monoisotopic (exact) mass is 429 g/mol. The number of aryl methyl sites for hydroxylation is 1. The van der Waals surface area contributed by atoms with Crippen molar-refractivity contribution in [2.75, 3.05) is 13.1 Å². The van der Waals surface area contributed by atoms with Gasteiger partial charge in [-0.15, -0.1) is 0 Å². The van der Waals surface area contributed by atoms with Crippen LogP contribution in [0, 0.1) is 30.3 Å². The summed E-state index contributed by atoms with van der Waals surface area (Å²) in [6.45, 7) is 8.78. The average molecular weight is 429 g/mol. The Labute approximate surface area is 179 Å². The second-order valence-electron chi connectivity index (χ2n) is 8.66. The highest BCUT2D eigenvalue weighted by Crippen LogP contribution is 2.26. The maximum atomic E-state index is 13.7. The van der Waals surface area contributed by atoms with Crippen LogP contribution >= 0.6 is 0 Å². The van der Waals surface area contributed by atoms with Crippen molar-refractivity contribution in [3.05, 3.63) is 64.0 Å². The van der Waals surface area contributed by atoms with Gasteiger partial charge in [0.25, 0.3) is 5.56 Å². The van der Waals surface area contributed by atoms with Crippen molar-refractivity contribution in [2.45, 2.75) is 46.2 Å². The maximum Gasteiger partial charge on any atom is 0.261 e. The molecular weight excluding hydrogens is 403 g/mol. The third-order valence-corrected chi connectivity index (χ3v) is 6.18. The van der Waals surface area contributed by atoms with Crippen LogP contribution in [0.1, 0.15) is 32.5 Å². The quantitative estimate of drug-likeness (QED) is 0.553. The van der Waals surface area contributed by atoms with E-state index >= 15 is 0 Å². The first-order valence-electron chi connectivity index (χ1n) is 10.6. The first kappa shape index (κ1) is 21.6. The Morgan fingerprint density at radius 3 is 2.48 bits per heavy atom. The van der Waals surface area contributed by atoms with E-state index < -0.39 is 17.5 Å². The molecule has 4 nitrogen and oxygen atoms in total. The molecule has 31 heavy (non-hydrogen) atoms. The number of halogens is 3. The van der Waals surface area contributed by atoms with Gasteiger partial charge >= 0.3 is 0 Å². The summed E-state index contributed by atoms with van der Waals surface area (Å²) in [5.41, 5.74) is 0.958. The van der Waals surface area contributed by atoms with Crippen molar-refractivity contribution in [2.24, 2.45) is 5.92 Å². The van der Waals surface area contributed by atoms with Gasteiger partial charge in [0.1, 0.15) is 5.82 Å². The minimum absolute atomic E-state index is 0.171. The second kappa shape index (κ2) is 8.46. The zero-order valence-corrected chi connectivity index (χ0v) is 18.0. The van der Waals surface area contributed by atoms with Crippen LogP contribution in [0.4, 0.5) is 13.2 Å². The van der Waals surface area contributed by atoms with Gasteiger partial charge in [0.05, 0.1) is 10.9 Å². The molecule has 2 aromatic carbocycles. The zero-order chi connectivity index (χ0) is 22.3. The summed E-state index contributed by atoms with van der Waals surface area (Å²) < 4.78 is 42.4. The van der Waals surface area contributed by atoms with E-state index in [2.05, 4.69) is 23.7 Å². The summed E-state index contributed by atoms with van der Waals surface area (Å²) >= 11 is 0. The Bertz CT molecular complexity index is 1170. The van der Waals surface area contributed by atoms with Crippen LogP contribution in [-0.2, 0) is 6.54 Å². The highest BCUT2D eigenvalue weighted by molar-refractivity contribution is 5.83. The van der Waals surface area contributed by atoms with E-state index in [1.165, 1.54) is 0 Å². The van der Waals surface area contributed by atoms with Gasteiger partial charge in [0.15, 0.2) is 17.5 Å². The molecular formula is C24H26F3N3O.